The number of benzene rings is 1. The minimum atomic E-state index is -1.23. The smallest absolute Gasteiger partial charge is 0.305 e. The van der Waals surface area contributed by atoms with Gasteiger partial charge < -0.3 is 36.6 Å². The number of halogens is 2. The Bertz CT molecular complexity index is 1170. The average Bonchev–Trinajstić information content (AvgIpc) is 3.15. The Morgan fingerprint density at radius 3 is 2.69 bits per heavy atom. The number of aliphatic hydroxyl groups is 1. The third kappa shape index (κ3) is 7.21. The molecule has 0 spiro atoms. The number of carboxylic acids is 1. The van der Waals surface area contributed by atoms with Gasteiger partial charge in [0.2, 0.25) is 5.91 Å². The molecule has 1 unspecified atom stereocenters. The van der Waals surface area contributed by atoms with Gasteiger partial charge in [-0.3, -0.25) is 19.4 Å². The fraction of sp³-hybridized carbons (Fsp3) is 0.333. The molecule has 7 N–H and O–H groups in total. The summed E-state index contributed by atoms with van der Waals surface area (Å²) in [6.45, 7) is 2.01. The first-order valence-electron chi connectivity index (χ1n) is 10.3. The van der Waals surface area contributed by atoms with Gasteiger partial charge in [0, 0.05) is 22.0 Å². The van der Waals surface area contributed by atoms with Crippen molar-refractivity contribution in [2.24, 2.45) is 4.99 Å². The molecule has 2 atom stereocenters. The number of β-amino-alcohol motifs (C(OH)–C–C–N with tert-alkyl or cyclic N) is 1. The number of aliphatic imine (C=N–C) groups is 1. The lowest BCUT2D eigenvalue weighted by Gasteiger charge is -2.19. The highest BCUT2D eigenvalue weighted by molar-refractivity contribution is 7.14. The van der Waals surface area contributed by atoms with Gasteiger partial charge in [-0.1, -0.05) is 23.2 Å². The number of nitrogens with zero attached hydrogens (tertiary/aromatic N) is 1. The Balaban J connectivity index is 1.62. The zero-order valence-electron chi connectivity index (χ0n) is 18.4. The fourth-order valence-corrected chi connectivity index (χ4v) is 4.62. The Morgan fingerprint density at radius 1 is 1.29 bits per heavy atom. The van der Waals surface area contributed by atoms with Crippen LogP contribution in [0.4, 0.5) is 5.69 Å². The number of carbonyl (C=O) groups excluding carboxylic acids is 2. The Labute approximate surface area is 214 Å². The van der Waals surface area contributed by atoms with Crippen LogP contribution in [0.25, 0.3) is 0 Å². The molecule has 188 valence electrons. The lowest BCUT2D eigenvalue weighted by atomic mass is 10.0. The van der Waals surface area contributed by atoms with E-state index in [1.165, 1.54) is 23.5 Å². The normalized spacial score (nSPS) is 16.0. The van der Waals surface area contributed by atoms with E-state index in [9.17, 15) is 29.7 Å². The Kier molecular flexibility index (Phi) is 8.78. The molecule has 2 aromatic rings. The Hall–Kier alpha value is -3.06. The maximum Gasteiger partial charge on any atom is 0.305 e. The summed E-state index contributed by atoms with van der Waals surface area (Å²) in [5, 5.41) is 40.0. The first kappa shape index (κ1) is 26.5. The van der Waals surface area contributed by atoms with Crippen LogP contribution in [0.1, 0.15) is 32.6 Å². The number of guanidine groups is 1. The number of hydrogen-bond donors (Lipinski definition) is 7. The minimum Gasteiger partial charge on any atom is -0.506 e. The second kappa shape index (κ2) is 11.6. The molecule has 1 aliphatic heterocycles. The largest absolute Gasteiger partial charge is 0.506 e. The van der Waals surface area contributed by atoms with E-state index in [-0.39, 0.29) is 22.2 Å². The van der Waals surface area contributed by atoms with Crippen molar-refractivity contribution in [2.45, 2.75) is 25.5 Å². The van der Waals surface area contributed by atoms with Crippen molar-refractivity contribution in [1.82, 2.24) is 16.0 Å². The van der Waals surface area contributed by atoms with Crippen molar-refractivity contribution in [2.75, 3.05) is 25.0 Å². The lowest BCUT2D eigenvalue weighted by molar-refractivity contribution is -0.137. The molecule has 1 aliphatic rings. The molecule has 14 heteroatoms. The van der Waals surface area contributed by atoms with E-state index in [0.29, 0.717) is 23.1 Å². The Morgan fingerprint density at radius 2 is 2.03 bits per heavy atom. The predicted octanol–water partition coefficient (Wildman–Crippen LogP) is 1.86. The van der Waals surface area contributed by atoms with Crippen molar-refractivity contribution < 1.29 is 29.7 Å². The van der Waals surface area contributed by atoms with Gasteiger partial charge in [-0.05, 0) is 25.1 Å². The predicted molar refractivity (Wildman–Crippen MR) is 133 cm³/mol. The van der Waals surface area contributed by atoms with E-state index in [0.717, 1.165) is 4.88 Å². The number of nitrogens with one attached hydrogen (secondary N) is 4. The molecule has 0 saturated heterocycles. The standard InChI is InChI=1S/C21H23Cl2N5O6S/c1-9-14(28-21-25-6-11(29)7-26-21)4-16(35-9)20(34)24-8-17(30)27-15(5-18(31)32)12-2-10(22)3-13(23)19(12)33/h2-4,11,15,29,33H,5-8H2,1H3,(H,24,34)(H,27,30)(H,31,32)(H2,25,26,28)/t15-/m0/s1. The van der Waals surface area contributed by atoms with Gasteiger partial charge in [0.05, 0.1) is 47.2 Å². The van der Waals surface area contributed by atoms with Crippen molar-refractivity contribution in [1.29, 1.82) is 0 Å². The number of thiophene rings is 1. The first-order valence-corrected chi connectivity index (χ1v) is 11.9. The van der Waals surface area contributed by atoms with Gasteiger partial charge in [-0.25, -0.2) is 0 Å². The molecule has 2 heterocycles. The minimum absolute atomic E-state index is 0.0425. The van der Waals surface area contributed by atoms with Crippen LogP contribution < -0.4 is 21.3 Å². The average molecular weight is 544 g/mol. The molecule has 0 aliphatic carbocycles. The van der Waals surface area contributed by atoms with Gasteiger partial charge in [0.25, 0.3) is 5.91 Å². The summed E-state index contributed by atoms with van der Waals surface area (Å²) in [5.74, 6) is -2.32. The number of hydrogen-bond acceptors (Lipinski definition) is 9. The molecule has 0 radical (unpaired) electrons. The highest BCUT2D eigenvalue weighted by Gasteiger charge is 2.24. The van der Waals surface area contributed by atoms with Crippen LogP contribution >= 0.6 is 34.5 Å². The van der Waals surface area contributed by atoms with Crippen LogP contribution in [0.15, 0.2) is 23.2 Å². The number of carbonyl (C=O) groups is 3. The molecule has 2 amide bonds. The summed E-state index contributed by atoms with van der Waals surface area (Å²) < 4.78 is 0. The summed E-state index contributed by atoms with van der Waals surface area (Å²) in [7, 11) is 0. The molecule has 0 fully saturated rings. The first-order chi connectivity index (χ1) is 16.5. The number of aryl methyl sites for hydroxylation is 1. The summed E-state index contributed by atoms with van der Waals surface area (Å²) in [6, 6.07) is 3.08. The monoisotopic (exact) mass is 543 g/mol. The molecule has 0 saturated carbocycles. The number of anilines is 1. The van der Waals surface area contributed by atoms with Crippen LogP contribution in [-0.4, -0.2) is 64.8 Å². The van der Waals surface area contributed by atoms with Gasteiger partial charge in [-0.15, -0.1) is 11.3 Å². The van der Waals surface area contributed by atoms with Gasteiger partial charge in [-0.2, -0.15) is 0 Å². The summed E-state index contributed by atoms with van der Waals surface area (Å²) in [4.78, 5) is 41.7. The number of phenolic OH excluding ortho intramolecular Hbond substituents is 1. The third-order valence-electron chi connectivity index (χ3n) is 4.92. The molecule has 3 rings (SSSR count). The maximum atomic E-state index is 12.6. The SMILES string of the molecule is Cc1sc(C(=O)NCC(=O)N[C@@H](CC(=O)O)c2cc(Cl)cc(Cl)c2O)cc1NC1=NCC(O)CN1. The van der Waals surface area contributed by atoms with E-state index >= 15 is 0 Å². The number of aliphatic carboxylic acids is 1. The molecule has 0 bridgehead atoms. The van der Waals surface area contributed by atoms with E-state index in [1.807, 2.05) is 6.92 Å². The van der Waals surface area contributed by atoms with Gasteiger partial charge in [0.1, 0.15) is 5.75 Å². The highest BCUT2D eigenvalue weighted by atomic mass is 35.5. The summed E-state index contributed by atoms with van der Waals surface area (Å²) in [6.07, 6.45) is -1.09. The second-order valence-electron chi connectivity index (χ2n) is 7.66. The fourth-order valence-electron chi connectivity index (χ4n) is 3.22. The number of aliphatic hydroxyl groups excluding tert-OH is 1. The topological polar surface area (TPSA) is 172 Å². The van der Waals surface area contributed by atoms with Crippen LogP contribution in [0, 0.1) is 6.92 Å². The molecular formula is C21H23Cl2N5O6S. The van der Waals surface area contributed by atoms with E-state index in [2.05, 4.69) is 26.3 Å². The molecule has 35 heavy (non-hydrogen) atoms. The van der Waals surface area contributed by atoms with Crippen molar-refractivity contribution in [3.05, 3.63) is 43.6 Å². The molecule has 11 nitrogen and oxygen atoms in total. The summed E-state index contributed by atoms with van der Waals surface area (Å²) >= 11 is 13.1. The molecule has 1 aromatic heterocycles. The number of amides is 2. The van der Waals surface area contributed by atoms with Crippen LogP contribution in [0.5, 0.6) is 5.75 Å². The number of rotatable bonds is 8. The maximum absolute atomic E-state index is 12.6. The zero-order valence-corrected chi connectivity index (χ0v) is 20.7. The van der Waals surface area contributed by atoms with Crippen molar-refractivity contribution in [3.8, 4) is 5.75 Å². The van der Waals surface area contributed by atoms with Crippen LogP contribution in [-0.2, 0) is 9.59 Å². The third-order valence-corrected chi connectivity index (χ3v) is 6.47. The van der Waals surface area contributed by atoms with Crippen LogP contribution in [0.2, 0.25) is 10.0 Å². The second-order valence-corrected chi connectivity index (χ2v) is 9.76. The lowest BCUT2D eigenvalue weighted by Crippen LogP contribution is -2.42. The van der Waals surface area contributed by atoms with Gasteiger partial charge >= 0.3 is 5.97 Å². The van der Waals surface area contributed by atoms with E-state index in [4.69, 9.17) is 23.2 Å². The number of carboxylic acid groups (broad SMARTS) is 1. The quantitative estimate of drug-likeness (QED) is 0.264. The summed E-state index contributed by atoms with van der Waals surface area (Å²) in [5.41, 5.74) is 0.697. The van der Waals surface area contributed by atoms with Crippen molar-refractivity contribution in [3.63, 3.8) is 0 Å². The zero-order chi connectivity index (χ0) is 25.7. The van der Waals surface area contributed by atoms with E-state index in [1.54, 1.807) is 6.07 Å². The molecule has 1 aromatic carbocycles. The highest BCUT2D eigenvalue weighted by Crippen LogP contribution is 2.36. The van der Waals surface area contributed by atoms with E-state index < -0.39 is 48.6 Å². The number of aromatic hydroxyl groups is 1. The van der Waals surface area contributed by atoms with Crippen LogP contribution in [0.3, 0.4) is 0 Å². The van der Waals surface area contributed by atoms with Crippen molar-refractivity contribution >= 4 is 64.0 Å². The molecular weight excluding hydrogens is 521 g/mol. The van der Waals surface area contributed by atoms with Gasteiger partial charge in [0.15, 0.2) is 5.96 Å². The number of phenols is 1.